The van der Waals surface area contributed by atoms with Gasteiger partial charge in [0.1, 0.15) is 11.6 Å². The maximum atomic E-state index is 12.7. The molecule has 1 N–H and O–H groups in total. The molecule has 0 atom stereocenters. The smallest absolute Gasteiger partial charge is 0.283 e. The van der Waals surface area contributed by atoms with Crippen LogP contribution in [0.1, 0.15) is 30.8 Å². The average Bonchev–Trinajstić information content (AvgIpc) is 3.33. The van der Waals surface area contributed by atoms with Crippen molar-refractivity contribution in [2.24, 2.45) is 9.39 Å². The van der Waals surface area contributed by atoms with Gasteiger partial charge in [-0.25, -0.2) is 13.3 Å². The van der Waals surface area contributed by atoms with Gasteiger partial charge in [0.2, 0.25) is 20.2 Å². The van der Waals surface area contributed by atoms with Crippen LogP contribution in [0.2, 0.25) is 0 Å². The molecular formula is C22H23N5O4S2. The van der Waals surface area contributed by atoms with E-state index in [0.717, 1.165) is 39.7 Å². The van der Waals surface area contributed by atoms with Crippen molar-refractivity contribution in [3.63, 3.8) is 0 Å². The average molecular weight is 486 g/mol. The molecule has 4 rings (SSSR count). The molecule has 0 spiro atoms. The number of fused-ring (bicyclic) bond motifs is 1. The molecule has 2 aromatic rings. The van der Waals surface area contributed by atoms with Gasteiger partial charge in [0, 0.05) is 11.4 Å². The number of rotatable bonds is 5. The number of amides is 1. The zero-order chi connectivity index (χ0) is 23.9. The van der Waals surface area contributed by atoms with E-state index in [4.69, 9.17) is 10.1 Å². The van der Waals surface area contributed by atoms with Gasteiger partial charge in [-0.1, -0.05) is 19.1 Å². The molecule has 0 bridgehead atoms. The zero-order valence-electron chi connectivity index (χ0n) is 18.6. The minimum Gasteiger partial charge on any atom is -0.492 e. The van der Waals surface area contributed by atoms with Gasteiger partial charge in [0.05, 0.1) is 35.6 Å². The lowest BCUT2D eigenvalue weighted by molar-refractivity contribution is -0.114. The summed E-state index contributed by atoms with van der Waals surface area (Å²) in [5.41, 5.74) is 3.34. The van der Waals surface area contributed by atoms with Crippen molar-refractivity contribution in [2.75, 3.05) is 12.4 Å². The van der Waals surface area contributed by atoms with Gasteiger partial charge in [-0.2, -0.15) is 9.39 Å². The minimum absolute atomic E-state index is 0.00130. The molecule has 33 heavy (non-hydrogen) atoms. The van der Waals surface area contributed by atoms with Crippen LogP contribution in [0.25, 0.3) is 11.8 Å². The highest BCUT2D eigenvalue weighted by molar-refractivity contribution is 8.16. The van der Waals surface area contributed by atoms with E-state index in [1.54, 1.807) is 6.08 Å². The van der Waals surface area contributed by atoms with Gasteiger partial charge in [-0.3, -0.25) is 10.2 Å². The van der Waals surface area contributed by atoms with E-state index in [1.807, 2.05) is 55.7 Å². The van der Waals surface area contributed by atoms with Gasteiger partial charge in [-0.05, 0) is 50.6 Å². The number of nitrogens with one attached hydrogen (secondary N) is 1. The highest BCUT2D eigenvalue weighted by Crippen LogP contribution is 2.32. The lowest BCUT2D eigenvalue weighted by Crippen LogP contribution is -2.45. The van der Waals surface area contributed by atoms with Crippen molar-refractivity contribution >= 4 is 49.9 Å². The molecule has 0 saturated carbocycles. The third-order valence-electron chi connectivity index (χ3n) is 5.33. The Balaban J connectivity index is 1.78. The minimum atomic E-state index is -3.70. The van der Waals surface area contributed by atoms with Gasteiger partial charge in [-0.15, -0.1) is 0 Å². The molecule has 2 aliphatic heterocycles. The largest absolute Gasteiger partial charge is 0.492 e. The van der Waals surface area contributed by atoms with Crippen molar-refractivity contribution in [2.45, 2.75) is 27.7 Å². The second-order valence-electron chi connectivity index (χ2n) is 7.37. The van der Waals surface area contributed by atoms with Crippen LogP contribution in [-0.2, 0) is 14.6 Å². The summed E-state index contributed by atoms with van der Waals surface area (Å²) in [6.45, 7) is 7.80. The molecule has 2 aliphatic rings. The summed E-state index contributed by atoms with van der Waals surface area (Å²) in [7, 11) is -3.70. The first-order valence-electron chi connectivity index (χ1n) is 10.3. The summed E-state index contributed by atoms with van der Waals surface area (Å²) in [5, 5.41) is 8.40. The number of benzene rings is 1. The van der Waals surface area contributed by atoms with Crippen molar-refractivity contribution in [1.82, 2.24) is 9.47 Å². The highest BCUT2D eigenvalue weighted by atomic mass is 32.2. The number of carbonyl (C=O) groups is 1. The van der Waals surface area contributed by atoms with E-state index < -0.39 is 15.7 Å². The fourth-order valence-corrected chi connectivity index (χ4v) is 5.67. The van der Waals surface area contributed by atoms with Crippen molar-refractivity contribution < 1.29 is 17.9 Å². The topological polar surface area (TPSA) is 117 Å². The first kappa shape index (κ1) is 23.0. The summed E-state index contributed by atoms with van der Waals surface area (Å²) in [6, 6.07) is 9.58. The van der Waals surface area contributed by atoms with Crippen molar-refractivity contribution in [1.29, 1.82) is 5.41 Å². The first-order valence-corrected chi connectivity index (χ1v) is 12.7. The van der Waals surface area contributed by atoms with Gasteiger partial charge < -0.3 is 9.30 Å². The number of hydrogen-bond donors (Lipinski definition) is 1. The molecule has 0 radical (unpaired) electrons. The van der Waals surface area contributed by atoms with E-state index in [-0.39, 0.29) is 27.5 Å². The standard InChI is InChI=1S/C22H23N5O4S2/c1-5-31-18-10-8-7-9-17(18)26-13(3)11-15(14(26)4)12-16-19(23)27-21(24-20(16)28)32-25-22(27)33(29,30)6-2/h7-12,23H,5-6H2,1-4H3/b16-12-,23-19?. The Morgan fingerprint density at radius 3 is 2.64 bits per heavy atom. The predicted molar refractivity (Wildman–Crippen MR) is 131 cm³/mol. The van der Waals surface area contributed by atoms with Crippen LogP contribution >= 0.6 is 11.9 Å². The molecular weight excluding hydrogens is 462 g/mol. The molecule has 1 aromatic heterocycles. The summed E-state index contributed by atoms with van der Waals surface area (Å²) in [4.78, 5) is 17.8. The summed E-state index contributed by atoms with van der Waals surface area (Å²) < 4.78 is 36.6. The number of aryl methyl sites for hydroxylation is 1. The second-order valence-corrected chi connectivity index (χ2v) is 10.3. The van der Waals surface area contributed by atoms with Crippen molar-refractivity contribution in [3.05, 3.63) is 52.9 Å². The lowest BCUT2D eigenvalue weighted by Gasteiger charge is -2.24. The SMILES string of the molecule is CCOc1ccccc1-n1c(C)cc(/C=C2/C(=N)N3C(=NC2=O)SN=C3S(=O)(=O)CC)c1C. The molecule has 0 unspecified atom stereocenters. The first-order chi connectivity index (χ1) is 15.7. The van der Waals surface area contributed by atoms with E-state index in [2.05, 4.69) is 9.39 Å². The number of para-hydroxylation sites is 2. The van der Waals surface area contributed by atoms with Crippen molar-refractivity contribution in [3.8, 4) is 11.4 Å². The molecule has 1 amide bonds. The Kier molecular flexibility index (Phi) is 6.02. The van der Waals surface area contributed by atoms with Gasteiger partial charge >= 0.3 is 0 Å². The number of sulfone groups is 1. The molecule has 0 fully saturated rings. The summed E-state index contributed by atoms with van der Waals surface area (Å²) in [5.74, 6) is -0.304. The molecule has 3 heterocycles. The van der Waals surface area contributed by atoms with Crippen LogP contribution in [0.5, 0.6) is 5.75 Å². The Morgan fingerprint density at radius 1 is 1.21 bits per heavy atom. The van der Waals surface area contributed by atoms with Gasteiger partial charge in [0.25, 0.3) is 5.91 Å². The number of carbonyl (C=O) groups excluding carboxylic acids is 1. The number of nitrogens with zero attached hydrogens (tertiary/aromatic N) is 4. The van der Waals surface area contributed by atoms with Crippen LogP contribution < -0.4 is 4.74 Å². The molecule has 172 valence electrons. The Hall–Kier alpha value is -3.18. The Bertz CT molecular complexity index is 1370. The predicted octanol–water partition coefficient (Wildman–Crippen LogP) is 3.50. The third-order valence-corrected chi connectivity index (χ3v) is 7.74. The number of aromatic nitrogens is 1. The molecule has 0 aliphatic carbocycles. The van der Waals surface area contributed by atoms with E-state index in [9.17, 15) is 13.2 Å². The van der Waals surface area contributed by atoms with Crippen LogP contribution in [-0.4, -0.2) is 52.3 Å². The van der Waals surface area contributed by atoms with Crippen LogP contribution in [0.15, 0.2) is 45.3 Å². The monoisotopic (exact) mass is 485 g/mol. The van der Waals surface area contributed by atoms with Gasteiger partial charge in [0.15, 0.2) is 0 Å². The number of ether oxygens (including phenoxy) is 1. The fraction of sp³-hybridized carbons (Fsp3) is 0.273. The number of aliphatic imine (C=N–C) groups is 1. The molecule has 0 saturated heterocycles. The third kappa shape index (κ3) is 3.91. The Morgan fingerprint density at radius 2 is 1.94 bits per heavy atom. The summed E-state index contributed by atoms with van der Waals surface area (Å²) >= 11 is 0.783. The normalized spacial score (nSPS) is 17.3. The maximum absolute atomic E-state index is 12.7. The molecule has 1 aromatic carbocycles. The van der Waals surface area contributed by atoms with E-state index in [1.165, 1.54) is 6.92 Å². The second kappa shape index (κ2) is 8.64. The van der Waals surface area contributed by atoms with Crippen LogP contribution in [0.4, 0.5) is 0 Å². The number of hydrogen-bond acceptors (Lipinski definition) is 7. The quantitative estimate of drug-likeness (QED) is 0.512. The highest BCUT2D eigenvalue weighted by Gasteiger charge is 2.42. The summed E-state index contributed by atoms with van der Waals surface area (Å²) in [6.07, 6.45) is 1.58. The van der Waals surface area contributed by atoms with Crippen LogP contribution in [0.3, 0.4) is 0 Å². The fourth-order valence-electron chi connectivity index (χ4n) is 3.71. The van der Waals surface area contributed by atoms with E-state index in [0.29, 0.717) is 12.2 Å². The lowest BCUT2D eigenvalue weighted by atomic mass is 10.1. The van der Waals surface area contributed by atoms with E-state index >= 15 is 0 Å². The Labute approximate surface area is 196 Å². The maximum Gasteiger partial charge on any atom is 0.283 e. The number of amidine groups is 3. The molecule has 9 nitrogen and oxygen atoms in total. The van der Waals surface area contributed by atoms with Crippen LogP contribution in [0, 0.1) is 19.3 Å². The molecule has 11 heteroatoms. The zero-order valence-corrected chi connectivity index (χ0v) is 20.2.